The molecule has 0 bridgehead atoms. The molecule has 3 heterocycles. The van der Waals surface area contributed by atoms with Crippen LogP contribution in [-0.4, -0.2) is 68.0 Å². The highest BCUT2D eigenvalue weighted by atomic mass is 35.5. The van der Waals surface area contributed by atoms with Crippen molar-refractivity contribution in [1.29, 1.82) is 0 Å². The highest BCUT2D eigenvalue weighted by Crippen LogP contribution is 2.34. The van der Waals surface area contributed by atoms with Gasteiger partial charge in [0.2, 0.25) is 5.95 Å². The minimum absolute atomic E-state index is 0. The van der Waals surface area contributed by atoms with Gasteiger partial charge in [0, 0.05) is 43.2 Å². The Bertz CT molecular complexity index is 1010. The topological polar surface area (TPSA) is 114 Å². The summed E-state index contributed by atoms with van der Waals surface area (Å²) >= 11 is 0. The first-order valence-electron chi connectivity index (χ1n) is 13.7. The van der Waals surface area contributed by atoms with Crippen LogP contribution in [0, 0.1) is 5.92 Å². The summed E-state index contributed by atoms with van der Waals surface area (Å²) in [5.41, 5.74) is 7.92. The van der Waals surface area contributed by atoms with Gasteiger partial charge in [-0.3, -0.25) is 9.69 Å². The Hall–Kier alpha value is -1.68. The number of nitrogens with zero attached hydrogens (tertiary/aromatic N) is 5. The van der Waals surface area contributed by atoms with Crippen LogP contribution in [0.3, 0.4) is 0 Å². The Balaban J connectivity index is 0.00000190. The van der Waals surface area contributed by atoms with E-state index in [1.54, 1.807) is 0 Å². The fourth-order valence-corrected chi connectivity index (χ4v) is 5.81. The lowest BCUT2D eigenvalue weighted by molar-refractivity contribution is -0.123. The smallest absolute Gasteiger partial charge is 0.227 e. The highest BCUT2D eigenvalue weighted by molar-refractivity contribution is 5.86. The van der Waals surface area contributed by atoms with Gasteiger partial charge in [-0.25, -0.2) is 4.98 Å². The molecule has 9 nitrogen and oxygen atoms in total. The van der Waals surface area contributed by atoms with Gasteiger partial charge in [-0.05, 0) is 51.4 Å². The van der Waals surface area contributed by atoms with E-state index in [2.05, 4.69) is 20.1 Å². The molecule has 3 aliphatic rings. The van der Waals surface area contributed by atoms with Gasteiger partial charge in [0.05, 0.1) is 12.9 Å². The monoisotopic (exact) mass is 554 g/mol. The van der Waals surface area contributed by atoms with E-state index >= 15 is 0 Å². The van der Waals surface area contributed by atoms with E-state index in [0.717, 1.165) is 68.6 Å². The molecule has 1 aliphatic heterocycles. The van der Waals surface area contributed by atoms with Crippen LogP contribution in [0.1, 0.15) is 84.1 Å². The number of aromatic nitrogens is 4. The van der Waals surface area contributed by atoms with Crippen LogP contribution in [0.2, 0.25) is 0 Å². The number of fused-ring (bicyclic) bond motifs is 1. The van der Waals surface area contributed by atoms with Crippen LogP contribution in [-0.2, 0) is 4.79 Å². The molecule has 0 unspecified atom stereocenters. The van der Waals surface area contributed by atoms with Gasteiger partial charge in [-0.2, -0.15) is 9.97 Å². The molecule has 37 heavy (non-hydrogen) atoms. The van der Waals surface area contributed by atoms with Gasteiger partial charge in [-0.1, -0.05) is 26.7 Å². The van der Waals surface area contributed by atoms with Crippen molar-refractivity contribution in [1.82, 2.24) is 24.4 Å². The summed E-state index contributed by atoms with van der Waals surface area (Å²) in [5, 5.41) is 7.32. The molecule has 3 fully saturated rings. The third kappa shape index (κ3) is 7.25. The van der Waals surface area contributed by atoms with E-state index in [0.29, 0.717) is 42.4 Å². The quantitative estimate of drug-likeness (QED) is 0.434. The lowest BCUT2D eigenvalue weighted by Gasteiger charge is -2.32. The van der Waals surface area contributed by atoms with Crippen LogP contribution < -0.4 is 16.4 Å². The normalized spacial score (nSPS) is 23.6. The van der Waals surface area contributed by atoms with Gasteiger partial charge in [0.25, 0.3) is 0 Å². The van der Waals surface area contributed by atoms with E-state index < -0.39 is 0 Å². The molecule has 4 N–H and O–H groups in total. The van der Waals surface area contributed by atoms with Gasteiger partial charge < -0.3 is 20.9 Å². The molecule has 208 valence electrons. The molecule has 2 aliphatic carbocycles. The number of imidazole rings is 1. The molecule has 2 saturated carbocycles. The lowest BCUT2D eigenvalue weighted by Crippen LogP contribution is -2.42. The molecular formula is C26H44Cl2N8O. The van der Waals surface area contributed by atoms with E-state index in [4.69, 9.17) is 20.7 Å². The Morgan fingerprint density at radius 1 is 0.973 bits per heavy atom. The lowest BCUT2D eigenvalue weighted by atomic mass is 9.92. The first-order valence-corrected chi connectivity index (χ1v) is 13.7. The van der Waals surface area contributed by atoms with Gasteiger partial charge >= 0.3 is 0 Å². The number of Topliss-reactive ketones (excluding diaryl/α,β-unsaturated/α-hetero) is 1. The summed E-state index contributed by atoms with van der Waals surface area (Å²) in [4.78, 5) is 29.1. The maximum Gasteiger partial charge on any atom is 0.227 e. The average molecular weight is 556 g/mol. The second-order valence-electron chi connectivity index (χ2n) is 11.2. The number of ketones is 1. The Morgan fingerprint density at radius 2 is 1.62 bits per heavy atom. The second kappa shape index (κ2) is 13.4. The minimum atomic E-state index is 0. The van der Waals surface area contributed by atoms with E-state index in [9.17, 15) is 4.79 Å². The van der Waals surface area contributed by atoms with Crippen molar-refractivity contribution < 1.29 is 4.79 Å². The molecule has 2 aromatic rings. The number of piperidine rings is 1. The van der Waals surface area contributed by atoms with Crippen molar-refractivity contribution in [2.45, 2.75) is 102 Å². The second-order valence-corrected chi connectivity index (χ2v) is 11.2. The first kappa shape index (κ1) is 29.9. The molecular weight excluding hydrogens is 511 g/mol. The number of anilines is 2. The summed E-state index contributed by atoms with van der Waals surface area (Å²) in [7, 11) is 0. The number of rotatable bonds is 8. The number of hydrogen-bond donors (Lipinski definition) is 3. The highest BCUT2D eigenvalue weighted by Gasteiger charge is 2.26. The van der Waals surface area contributed by atoms with Crippen LogP contribution in [0.25, 0.3) is 11.2 Å². The standard InChI is InChI=1S/C26H42N8O.2ClH/c1-17(2)22(35)15-33-13-11-20(12-14-33)29-24-23-25(34(16-28-23)21-5-3-4-6-21)32-26(31-24)30-19-9-7-18(27)8-10-19;;/h16-21H,3-15,27H2,1-2H3,(H2,29,30,31,32);2*1H. The van der Waals surface area contributed by atoms with Gasteiger partial charge in [0.1, 0.15) is 5.78 Å². The van der Waals surface area contributed by atoms with E-state index in [-0.39, 0.29) is 30.7 Å². The summed E-state index contributed by atoms with van der Waals surface area (Å²) in [6.07, 6.45) is 13.1. The molecule has 0 spiro atoms. The molecule has 0 aromatic carbocycles. The predicted molar refractivity (Wildman–Crippen MR) is 154 cm³/mol. The maximum absolute atomic E-state index is 12.2. The largest absolute Gasteiger partial charge is 0.365 e. The van der Waals surface area contributed by atoms with E-state index in [1.165, 1.54) is 25.7 Å². The van der Waals surface area contributed by atoms with Crippen molar-refractivity contribution in [3.05, 3.63) is 6.33 Å². The molecule has 11 heteroatoms. The SMILES string of the molecule is CC(C)C(=O)CN1CCC(Nc2nc(NC3CCC(N)CC3)nc3c2ncn3C2CCCC2)CC1.Cl.Cl. The predicted octanol–water partition coefficient (Wildman–Crippen LogP) is 4.57. The van der Waals surface area contributed by atoms with Crippen LogP contribution in [0.4, 0.5) is 11.8 Å². The molecule has 0 atom stereocenters. The third-order valence-electron chi connectivity index (χ3n) is 8.20. The van der Waals surface area contributed by atoms with Crippen molar-refractivity contribution in [2.24, 2.45) is 11.7 Å². The summed E-state index contributed by atoms with van der Waals surface area (Å²) < 4.78 is 2.28. The van der Waals surface area contributed by atoms with Crippen molar-refractivity contribution in [3.8, 4) is 0 Å². The fourth-order valence-electron chi connectivity index (χ4n) is 5.81. The maximum atomic E-state index is 12.2. The zero-order valence-corrected chi connectivity index (χ0v) is 23.8. The zero-order valence-electron chi connectivity index (χ0n) is 22.2. The average Bonchev–Trinajstić information content (AvgIpc) is 3.52. The van der Waals surface area contributed by atoms with Crippen LogP contribution in [0.15, 0.2) is 6.33 Å². The molecule has 0 amide bonds. The molecule has 1 saturated heterocycles. The first-order chi connectivity index (χ1) is 17.0. The number of halogens is 2. The summed E-state index contributed by atoms with van der Waals surface area (Å²) in [6.45, 7) is 6.37. The summed E-state index contributed by atoms with van der Waals surface area (Å²) in [6, 6.07) is 1.48. The van der Waals surface area contributed by atoms with Crippen molar-refractivity contribution >= 4 is 53.5 Å². The van der Waals surface area contributed by atoms with E-state index in [1.807, 2.05) is 20.2 Å². The van der Waals surface area contributed by atoms with Gasteiger partial charge in [0.15, 0.2) is 17.0 Å². The van der Waals surface area contributed by atoms with Crippen molar-refractivity contribution in [3.63, 3.8) is 0 Å². The number of carbonyl (C=O) groups is 1. The molecule has 0 radical (unpaired) electrons. The number of nitrogens with two attached hydrogens (primary N) is 1. The third-order valence-corrected chi connectivity index (χ3v) is 8.20. The fraction of sp³-hybridized carbons (Fsp3) is 0.769. The summed E-state index contributed by atoms with van der Waals surface area (Å²) in [5.74, 6) is 1.95. The number of hydrogen-bond acceptors (Lipinski definition) is 8. The van der Waals surface area contributed by atoms with Crippen LogP contribution in [0.5, 0.6) is 0 Å². The Labute approximate surface area is 233 Å². The number of nitrogens with one attached hydrogen (secondary N) is 2. The van der Waals surface area contributed by atoms with Crippen molar-refractivity contribution in [2.75, 3.05) is 30.3 Å². The molecule has 5 rings (SSSR count). The Morgan fingerprint density at radius 3 is 2.27 bits per heavy atom. The number of likely N-dealkylation sites (tertiary alicyclic amines) is 1. The number of carbonyl (C=O) groups excluding carboxylic acids is 1. The van der Waals surface area contributed by atoms with Crippen LogP contribution >= 0.6 is 24.8 Å². The zero-order chi connectivity index (χ0) is 24.4. The molecule has 2 aromatic heterocycles. The Kier molecular flexibility index (Phi) is 10.8. The minimum Gasteiger partial charge on any atom is -0.365 e. The van der Waals surface area contributed by atoms with Gasteiger partial charge in [-0.15, -0.1) is 24.8 Å².